The molecule has 0 bridgehead atoms. The zero-order valence-corrected chi connectivity index (χ0v) is 12.1. The third-order valence-electron chi connectivity index (χ3n) is 3.91. The van der Waals surface area contributed by atoms with E-state index in [0.717, 1.165) is 19.6 Å². The number of ether oxygens (including phenoxy) is 2. The standard InChI is InChI=1S/C13H28N2O2/c1-7-17-11-8-10(12(11)16-6)14-9-13(2,3)15(4)5/h10-12,14H,7-9H2,1-6H3. The Morgan fingerprint density at radius 1 is 1.35 bits per heavy atom. The van der Waals surface area contributed by atoms with E-state index in [2.05, 4.69) is 38.2 Å². The van der Waals surface area contributed by atoms with Crippen LogP contribution in [-0.4, -0.2) is 63.0 Å². The molecule has 1 saturated carbocycles. The predicted molar refractivity (Wildman–Crippen MR) is 70.4 cm³/mol. The summed E-state index contributed by atoms with van der Waals surface area (Å²) >= 11 is 0. The van der Waals surface area contributed by atoms with Gasteiger partial charge in [0.2, 0.25) is 0 Å². The third-order valence-corrected chi connectivity index (χ3v) is 3.91. The van der Waals surface area contributed by atoms with Gasteiger partial charge in [-0.05, 0) is 41.3 Å². The van der Waals surface area contributed by atoms with Crippen LogP contribution in [0.4, 0.5) is 0 Å². The van der Waals surface area contributed by atoms with Gasteiger partial charge >= 0.3 is 0 Å². The van der Waals surface area contributed by atoms with Gasteiger partial charge in [0.15, 0.2) is 0 Å². The Kier molecular flexibility index (Phi) is 5.38. The number of nitrogens with one attached hydrogen (secondary N) is 1. The maximum absolute atomic E-state index is 5.62. The molecule has 4 nitrogen and oxygen atoms in total. The Morgan fingerprint density at radius 2 is 2.00 bits per heavy atom. The normalized spacial score (nSPS) is 29.5. The maximum Gasteiger partial charge on any atom is 0.0986 e. The van der Waals surface area contributed by atoms with E-state index >= 15 is 0 Å². The number of hydrogen-bond acceptors (Lipinski definition) is 4. The molecule has 3 unspecified atom stereocenters. The van der Waals surface area contributed by atoms with Crippen molar-refractivity contribution in [3.05, 3.63) is 0 Å². The Balaban J connectivity index is 2.34. The largest absolute Gasteiger partial charge is 0.377 e. The first kappa shape index (κ1) is 14.9. The molecule has 0 aromatic heterocycles. The zero-order chi connectivity index (χ0) is 13.1. The van der Waals surface area contributed by atoms with Crippen LogP contribution in [0.5, 0.6) is 0 Å². The Morgan fingerprint density at radius 3 is 2.47 bits per heavy atom. The summed E-state index contributed by atoms with van der Waals surface area (Å²) in [5, 5.41) is 3.58. The number of likely N-dealkylation sites (N-methyl/N-ethyl adjacent to an activating group) is 1. The zero-order valence-electron chi connectivity index (χ0n) is 12.1. The average molecular weight is 244 g/mol. The van der Waals surface area contributed by atoms with E-state index in [1.54, 1.807) is 7.11 Å². The lowest BCUT2D eigenvalue weighted by atomic mass is 9.84. The van der Waals surface area contributed by atoms with Gasteiger partial charge < -0.3 is 19.7 Å². The van der Waals surface area contributed by atoms with Gasteiger partial charge in [-0.2, -0.15) is 0 Å². The molecule has 0 radical (unpaired) electrons. The van der Waals surface area contributed by atoms with Crippen LogP contribution < -0.4 is 5.32 Å². The summed E-state index contributed by atoms with van der Waals surface area (Å²) in [4.78, 5) is 2.24. The highest BCUT2D eigenvalue weighted by Crippen LogP contribution is 2.27. The van der Waals surface area contributed by atoms with Crippen LogP contribution in [-0.2, 0) is 9.47 Å². The lowest BCUT2D eigenvalue weighted by molar-refractivity contribution is -0.132. The van der Waals surface area contributed by atoms with Gasteiger partial charge in [0.25, 0.3) is 0 Å². The molecule has 0 amide bonds. The van der Waals surface area contributed by atoms with E-state index in [9.17, 15) is 0 Å². The van der Waals surface area contributed by atoms with Crippen LogP contribution in [0.15, 0.2) is 0 Å². The third kappa shape index (κ3) is 3.65. The summed E-state index contributed by atoms with van der Waals surface area (Å²) in [6, 6.07) is 0.427. The van der Waals surface area contributed by atoms with Gasteiger partial charge in [0.05, 0.1) is 12.2 Å². The fourth-order valence-electron chi connectivity index (χ4n) is 2.01. The highest BCUT2D eigenvalue weighted by molar-refractivity contribution is 4.98. The highest BCUT2D eigenvalue weighted by Gasteiger charge is 2.42. The van der Waals surface area contributed by atoms with Crippen molar-refractivity contribution in [2.75, 3.05) is 34.4 Å². The van der Waals surface area contributed by atoms with E-state index in [-0.39, 0.29) is 17.7 Å². The molecular weight excluding hydrogens is 216 g/mol. The molecule has 0 heterocycles. The van der Waals surface area contributed by atoms with Crippen molar-refractivity contribution in [3.8, 4) is 0 Å². The molecular formula is C13H28N2O2. The number of hydrogen-bond donors (Lipinski definition) is 1. The molecule has 3 atom stereocenters. The minimum atomic E-state index is 0.162. The fraction of sp³-hybridized carbons (Fsp3) is 1.00. The maximum atomic E-state index is 5.62. The molecule has 1 aliphatic rings. The predicted octanol–water partition coefficient (Wildman–Crippen LogP) is 1.11. The quantitative estimate of drug-likeness (QED) is 0.727. The van der Waals surface area contributed by atoms with Gasteiger partial charge in [-0.15, -0.1) is 0 Å². The van der Waals surface area contributed by atoms with Crippen molar-refractivity contribution in [3.63, 3.8) is 0 Å². The second kappa shape index (κ2) is 6.14. The van der Waals surface area contributed by atoms with Gasteiger partial charge in [-0.1, -0.05) is 0 Å². The summed E-state index contributed by atoms with van der Waals surface area (Å²) in [7, 11) is 5.99. The summed E-state index contributed by atoms with van der Waals surface area (Å²) in [6.45, 7) is 8.23. The molecule has 4 heteroatoms. The van der Waals surface area contributed by atoms with Crippen LogP contribution in [0.1, 0.15) is 27.2 Å². The van der Waals surface area contributed by atoms with Crippen LogP contribution in [0, 0.1) is 0 Å². The molecule has 0 aromatic rings. The van der Waals surface area contributed by atoms with Crippen molar-refractivity contribution in [1.82, 2.24) is 10.2 Å². The highest BCUT2D eigenvalue weighted by atomic mass is 16.5. The molecule has 0 spiro atoms. The Bertz CT molecular complexity index is 231. The van der Waals surface area contributed by atoms with Crippen molar-refractivity contribution >= 4 is 0 Å². The van der Waals surface area contributed by atoms with Crippen LogP contribution in [0.3, 0.4) is 0 Å². The average Bonchev–Trinajstić information content (AvgIpc) is 2.22. The van der Waals surface area contributed by atoms with Crippen LogP contribution in [0.2, 0.25) is 0 Å². The first-order valence-corrected chi connectivity index (χ1v) is 6.47. The van der Waals surface area contributed by atoms with E-state index < -0.39 is 0 Å². The lowest BCUT2D eigenvalue weighted by Gasteiger charge is -2.45. The molecule has 0 aliphatic heterocycles. The van der Waals surface area contributed by atoms with Crippen molar-refractivity contribution in [2.24, 2.45) is 0 Å². The van der Waals surface area contributed by atoms with Crippen molar-refractivity contribution < 1.29 is 9.47 Å². The number of nitrogens with zero attached hydrogens (tertiary/aromatic N) is 1. The Labute approximate surface area is 106 Å². The summed E-state index contributed by atoms with van der Waals surface area (Å²) < 4.78 is 11.1. The molecule has 1 fully saturated rings. The first-order chi connectivity index (χ1) is 7.92. The SMILES string of the molecule is CCOC1CC(NCC(C)(C)N(C)C)C1OC. The second-order valence-electron chi connectivity index (χ2n) is 5.62. The van der Waals surface area contributed by atoms with E-state index in [0.29, 0.717) is 6.04 Å². The van der Waals surface area contributed by atoms with Crippen molar-refractivity contribution in [2.45, 2.75) is 51.0 Å². The number of methoxy groups -OCH3 is 1. The molecule has 1 N–H and O–H groups in total. The van der Waals surface area contributed by atoms with Gasteiger partial charge in [-0.25, -0.2) is 0 Å². The van der Waals surface area contributed by atoms with Crippen LogP contribution in [0.25, 0.3) is 0 Å². The van der Waals surface area contributed by atoms with Crippen LogP contribution >= 0.6 is 0 Å². The van der Waals surface area contributed by atoms with E-state index in [1.165, 1.54) is 0 Å². The van der Waals surface area contributed by atoms with Gasteiger partial charge in [0.1, 0.15) is 0 Å². The lowest BCUT2D eigenvalue weighted by Crippen LogP contribution is -2.62. The monoisotopic (exact) mass is 244 g/mol. The molecule has 1 rings (SSSR count). The van der Waals surface area contributed by atoms with Gasteiger partial charge in [-0.3, -0.25) is 0 Å². The molecule has 1 aliphatic carbocycles. The Hall–Kier alpha value is -0.160. The molecule has 0 aromatic carbocycles. The van der Waals surface area contributed by atoms with E-state index in [1.807, 2.05) is 6.92 Å². The minimum absolute atomic E-state index is 0.162. The molecule has 102 valence electrons. The fourth-order valence-corrected chi connectivity index (χ4v) is 2.01. The van der Waals surface area contributed by atoms with E-state index in [4.69, 9.17) is 9.47 Å². The topological polar surface area (TPSA) is 33.7 Å². The molecule has 17 heavy (non-hydrogen) atoms. The summed E-state index contributed by atoms with van der Waals surface area (Å²) in [6.07, 6.45) is 1.52. The molecule has 0 saturated heterocycles. The first-order valence-electron chi connectivity index (χ1n) is 6.47. The van der Waals surface area contributed by atoms with Gasteiger partial charge in [0, 0.05) is 31.8 Å². The second-order valence-corrected chi connectivity index (χ2v) is 5.62. The number of rotatable bonds is 7. The summed E-state index contributed by atoms with van der Waals surface area (Å²) in [5.41, 5.74) is 0.162. The van der Waals surface area contributed by atoms with Crippen molar-refractivity contribution in [1.29, 1.82) is 0 Å². The smallest absolute Gasteiger partial charge is 0.0986 e. The minimum Gasteiger partial charge on any atom is -0.377 e. The summed E-state index contributed by atoms with van der Waals surface area (Å²) in [5.74, 6) is 0.